The number of aromatic nitrogens is 1. The predicted octanol–water partition coefficient (Wildman–Crippen LogP) is 4.28. The highest BCUT2D eigenvalue weighted by atomic mass is 32.1. The van der Waals surface area contributed by atoms with Crippen LogP contribution in [0.2, 0.25) is 0 Å². The van der Waals surface area contributed by atoms with Gasteiger partial charge in [-0.05, 0) is 61.2 Å². The van der Waals surface area contributed by atoms with Crippen LogP contribution in [-0.2, 0) is 11.2 Å². The third kappa shape index (κ3) is 4.54. The number of carboxylic acid groups (broad SMARTS) is 1. The molecule has 1 aliphatic rings. The zero-order chi connectivity index (χ0) is 24.4. The first-order valence-electron chi connectivity index (χ1n) is 11.0. The number of benzene rings is 1. The topological polar surface area (TPSA) is 118 Å². The van der Waals surface area contributed by atoms with Crippen molar-refractivity contribution in [3.8, 4) is 27.3 Å². The number of nitrogens with zero attached hydrogens (tertiary/aromatic N) is 1. The van der Waals surface area contributed by atoms with Crippen molar-refractivity contribution in [2.24, 2.45) is 0 Å². The van der Waals surface area contributed by atoms with Gasteiger partial charge < -0.3 is 19.7 Å². The number of methoxy groups -OCH3 is 1. The van der Waals surface area contributed by atoms with Crippen LogP contribution in [0.4, 0.5) is 0 Å². The Bertz CT molecular complexity index is 1240. The van der Waals surface area contributed by atoms with Gasteiger partial charge in [0.25, 0.3) is 0 Å². The Kier molecular flexibility index (Phi) is 6.97. The van der Waals surface area contributed by atoms with Gasteiger partial charge in [-0.1, -0.05) is 6.92 Å². The van der Waals surface area contributed by atoms with E-state index in [4.69, 9.17) is 9.47 Å². The first-order valence-corrected chi connectivity index (χ1v) is 11.9. The Morgan fingerprint density at radius 3 is 2.76 bits per heavy atom. The minimum atomic E-state index is -1.14. The number of nitrogens with one attached hydrogen (secondary N) is 1. The SMILES string of the molecule is CCCNC(O)c1ccc(-c2cc3c(cc2C(=O)O)-c2sccc2C[C@H](C)O3)c(C(=O)OC)n1. The highest BCUT2D eigenvalue weighted by molar-refractivity contribution is 7.13. The van der Waals surface area contributed by atoms with Crippen LogP contribution < -0.4 is 10.1 Å². The van der Waals surface area contributed by atoms with Crippen molar-refractivity contribution in [3.05, 3.63) is 58.2 Å². The number of carbonyl (C=O) groups is 2. The van der Waals surface area contributed by atoms with Crippen LogP contribution >= 0.6 is 11.3 Å². The number of carbonyl (C=O) groups excluding carboxylic acids is 1. The van der Waals surface area contributed by atoms with Crippen LogP contribution in [0, 0.1) is 0 Å². The third-order valence-electron chi connectivity index (χ3n) is 5.63. The number of fused-ring (bicyclic) bond motifs is 3. The summed E-state index contributed by atoms with van der Waals surface area (Å²) in [6.07, 6.45) is 0.321. The van der Waals surface area contributed by atoms with Crippen molar-refractivity contribution in [2.45, 2.75) is 39.0 Å². The van der Waals surface area contributed by atoms with Crippen molar-refractivity contribution in [3.63, 3.8) is 0 Å². The second kappa shape index (κ2) is 9.92. The quantitative estimate of drug-likeness (QED) is 0.337. The van der Waals surface area contributed by atoms with Crippen LogP contribution in [0.3, 0.4) is 0 Å². The fourth-order valence-electron chi connectivity index (χ4n) is 4.04. The van der Waals surface area contributed by atoms with E-state index in [0.717, 1.165) is 16.9 Å². The lowest BCUT2D eigenvalue weighted by molar-refractivity contribution is 0.0591. The monoisotopic (exact) mass is 482 g/mol. The van der Waals surface area contributed by atoms with Crippen molar-refractivity contribution in [2.75, 3.05) is 13.7 Å². The van der Waals surface area contributed by atoms with Gasteiger partial charge in [0.2, 0.25) is 0 Å². The molecule has 4 rings (SSSR count). The van der Waals surface area contributed by atoms with Gasteiger partial charge in [-0.15, -0.1) is 11.3 Å². The summed E-state index contributed by atoms with van der Waals surface area (Å²) in [5.41, 5.74) is 2.55. The van der Waals surface area contributed by atoms with E-state index in [9.17, 15) is 19.8 Å². The molecule has 2 atom stereocenters. The summed E-state index contributed by atoms with van der Waals surface area (Å²) in [6, 6.07) is 8.41. The van der Waals surface area contributed by atoms with Gasteiger partial charge in [-0.3, -0.25) is 5.32 Å². The summed E-state index contributed by atoms with van der Waals surface area (Å²) in [5.74, 6) is -1.34. The lowest BCUT2D eigenvalue weighted by Gasteiger charge is -2.18. The third-order valence-corrected chi connectivity index (χ3v) is 6.62. The second-order valence-electron chi connectivity index (χ2n) is 8.09. The second-order valence-corrected chi connectivity index (χ2v) is 9.00. The molecule has 3 aromatic rings. The highest BCUT2D eigenvalue weighted by Crippen LogP contribution is 2.44. The lowest BCUT2D eigenvalue weighted by Crippen LogP contribution is -2.23. The number of aliphatic hydroxyl groups excluding tert-OH is 1. The van der Waals surface area contributed by atoms with Crippen LogP contribution in [-0.4, -0.2) is 46.9 Å². The van der Waals surface area contributed by atoms with Crippen LogP contribution in [0.1, 0.15) is 58.6 Å². The number of aromatic carboxylic acids is 1. The number of esters is 1. The van der Waals surface area contributed by atoms with Gasteiger partial charge in [-0.25, -0.2) is 14.6 Å². The fraction of sp³-hybridized carbons (Fsp3) is 0.320. The smallest absolute Gasteiger partial charge is 0.357 e. The average molecular weight is 483 g/mol. The molecule has 0 saturated heterocycles. The number of carboxylic acids is 1. The molecule has 0 saturated carbocycles. The average Bonchev–Trinajstić information content (AvgIpc) is 3.23. The summed E-state index contributed by atoms with van der Waals surface area (Å²) >= 11 is 1.53. The molecule has 1 aromatic carbocycles. The zero-order valence-electron chi connectivity index (χ0n) is 19.1. The summed E-state index contributed by atoms with van der Waals surface area (Å²) in [7, 11) is 1.23. The molecule has 1 unspecified atom stereocenters. The minimum Gasteiger partial charge on any atom is -0.490 e. The molecule has 2 aromatic heterocycles. The molecule has 0 spiro atoms. The maximum Gasteiger partial charge on any atom is 0.357 e. The van der Waals surface area contributed by atoms with Crippen molar-refractivity contribution in [1.29, 1.82) is 0 Å². The number of ether oxygens (including phenoxy) is 2. The van der Waals surface area contributed by atoms with Crippen LogP contribution in [0.5, 0.6) is 5.75 Å². The van der Waals surface area contributed by atoms with Crippen molar-refractivity contribution in [1.82, 2.24) is 10.3 Å². The number of pyridine rings is 1. The van der Waals surface area contributed by atoms with E-state index in [2.05, 4.69) is 10.3 Å². The molecule has 0 amide bonds. The normalized spacial score (nSPS) is 15.5. The molecule has 0 fully saturated rings. The molecular formula is C25H26N2O6S. The van der Waals surface area contributed by atoms with E-state index in [1.54, 1.807) is 24.3 Å². The number of hydrogen-bond acceptors (Lipinski definition) is 8. The summed E-state index contributed by atoms with van der Waals surface area (Å²) < 4.78 is 11.1. The van der Waals surface area contributed by atoms with Crippen molar-refractivity contribution < 1.29 is 29.3 Å². The standard InChI is InChI=1S/C25H26N2O6S/c1-4-8-26-23(28)19-6-5-15(21(27-19)25(31)32-3)16-12-20-18(11-17(16)24(29)30)22-14(7-9-34-22)10-13(2)33-20/h5-7,9,11-13,23,26,28H,4,8,10H2,1-3H3,(H,29,30)/t13-,23?/m0/s1. The summed E-state index contributed by atoms with van der Waals surface area (Å²) in [5, 5.41) is 25.3. The molecule has 3 N–H and O–H groups in total. The van der Waals surface area contributed by atoms with E-state index in [0.29, 0.717) is 24.3 Å². The Hall–Kier alpha value is -3.27. The molecule has 1 aliphatic heterocycles. The molecule has 0 radical (unpaired) electrons. The molecule has 9 heteroatoms. The molecule has 0 aliphatic carbocycles. The van der Waals surface area contributed by atoms with Crippen LogP contribution in [0.15, 0.2) is 35.7 Å². The van der Waals surface area contributed by atoms with E-state index in [1.807, 2.05) is 25.3 Å². The number of thiophene rings is 1. The summed E-state index contributed by atoms with van der Waals surface area (Å²) in [4.78, 5) is 30.2. The molecule has 8 nitrogen and oxygen atoms in total. The van der Waals surface area contributed by atoms with E-state index in [-0.39, 0.29) is 34.2 Å². The van der Waals surface area contributed by atoms with Gasteiger partial charge in [-0.2, -0.15) is 0 Å². The summed E-state index contributed by atoms with van der Waals surface area (Å²) in [6.45, 7) is 4.48. The van der Waals surface area contributed by atoms with Gasteiger partial charge in [0.05, 0.1) is 18.4 Å². The van der Waals surface area contributed by atoms with Crippen LogP contribution in [0.25, 0.3) is 21.6 Å². The fourth-order valence-corrected chi connectivity index (χ4v) is 4.99. The van der Waals surface area contributed by atoms with E-state index >= 15 is 0 Å². The number of rotatable bonds is 7. The largest absolute Gasteiger partial charge is 0.490 e. The zero-order valence-corrected chi connectivity index (χ0v) is 19.9. The van der Waals surface area contributed by atoms with E-state index < -0.39 is 18.2 Å². The highest BCUT2D eigenvalue weighted by Gasteiger charge is 2.27. The first kappa shape index (κ1) is 23.9. The van der Waals surface area contributed by atoms with E-state index in [1.165, 1.54) is 18.4 Å². The lowest BCUT2D eigenvalue weighted by atomic mass is 9.94. The molecular weight excluding hydrogens is 456 g/mol. The van der Waals surface area contributed by atoms with Gasteiger partial charge >= 0.3 is 11.9 Å². The van der Waals surface area contributed by atoms with Crippen molar-refractivity contribution >= 4 is 23.3 Å². The Labute approximate surface area is 201 Å². The number of aliphatic hydroxyl groups is 1. The van der Waals surface area contributed by atoms with Gasteiger partial charge in [0, 0.05) is 28.0 Å². The van der Waals surface area contributed by atoms with Gasteiger partial charge in [0.1, 0.15) is 18.1 Å². The molecule has 3 heterocycles. The predicted molar refractivity (Wildman–Crippen MR) is 128 cm³/mol. The molecule has 0 bridgehead atoms. The number of hydrogen-bond donors (Lipinski definition) is 3. The Morgan fingerprint density at radius 2 is 2.06 bits per heavy atom. The minimum absolute atomic E-state index is 0.0145. The molecule has 34 heavy (non-hydrogen) atoms. The first-order chi connectivity index (χ1) is 16.3. The maximum absolute atomic E-state index is 12.6. The van der Waals surface area contributed by atoms with Gasteiger partial charge in [0.15, 0.2) is 5.69 Å². The maximum atomic E-state index is 12.6. The molecule has 178 valence electrons. The Balaban J connectivity index is 1.90. The Morgan fingerprint density at radius 1 is 1.26 bits per heavy atom.